The van der Waals surface area contributed by atoms with Crippen LogP contribution in [-0.2, 0) is 21.2 Å². The number of carboxylic acid groups (broad SMARTS) is 1. The molecule has 0 unspecified atom stereocenters. The molecule has 1 aromatic heterocycles. The minimum Gasteiger partial charge on any atom is -0.481 e. The molecule has 10 heteroatoms. The van der Waals surface area contributed by atoms with Gasteiger partial charge in [-0.25, -0.2) is 22.2 Å². The van der Waals surface area contributed by atoms with Gasteiger partial charge in [-0.05, 0) is 12.1 Å². The van der Waals surface area contributed by atoms with Gasteiger partial charge in [0.25, 0.3) is 10.0 Å². The minimum absolute atomic E-state index is 0.0871. The van der Waals surface area contributed by atoms with E-state index in [0.717, 1.165) is 11.3 Å². The summed E-state index contributed by atoms with van der Waals surface area (Å²) < 4.78 is 52.0. The first kappa shape index (κ1) is 15.3. The molecule has 2 rings (SSSR count). The van der Waals surface area contributed by atoms with Crippen LogP contribution in [0.2, 0.25) is 0 Å². The Bertz CT molecular complexity index is 769. The average Bonchev–Trinajstić information content (AvgIpc) is 2.73. The highest BCUT2D eigenvalue weighted by Gasteiger charge is 2.18. The zero-order valence-electron chi connectivity index (χ0n) is 10.2. The molecular formula is C11H8F2N2O4S2. The smallest absolute Gasteiger partial charge is 0.309 e. The van der Waals surface area contributed by atoms with Crippen LogP contribution in [0.5, 0.6) is 0 Å². The molecule has 0 bridgehead atoms. The average molecular weight is 334 g/mol. The van der Waals surface area contributed by atoms with Crippen molar-refractivity contribution in [1.29, 1.82) is 0 Å². The fourth-order valence-electron chi connectivity index (χ4n) is 1.45. The van der Waals surface area contributed by atoms with Crippen molar-refractivity contribution in [3.05, 3.63) is 40.9 Å². The number of aliphatic carboxylic acids is 1. The van der Waals surface area contributed by atoms with Gasteiger partial charge in [0.2, 0.25) is 0 Å². The maximum atomic E-state index is 13.0. The number of carboxylic acids is 1. The highest BCUT2D eigenvalue weighted by atomic mass is 32.2. The summed E-state index contributed by atoms with van der Waals surface area (Å²) in [7, 11) is -4.20. The Labute approximate surface area is 122 Å². The number of anilines is 1. The molecule has 0 aliphatic heterocycles. The summed E-state index contributed by atoms with van der Waals surface area (Å²) in [5, 5.41) is 9.88. The number of benzene rings is 1. The van der Waals surface area contributed by atoms with E-state index in [2.05, 4.69) is 4.98 Å². The van der Waals surface area contributed by atoms with Crippen LogP contribution in [0.15, 0.2) is 28.5 Å². The molecule has 1 heterocycles. The van der Waals surface area contributed by atoms with Crippen LogP contribution in [0.25, 0.3) is 0 Å². The molecule has 0 saturated carbocycles. The zero-order valence-corrected chi connectivity index (χ0v) is 11.8. The standard InChI is InChI=1S/C11H8F2N2O4S2/c12-6-1-7(13)3-9(2-6)21(18,19)15-11-14-8(5-20-11)4-10(16)17/h1-3,5H,4H2,(H,14,15)(H,16,17). The monoisotopic (exact) mass is 334 g/mol. The van der Waals surface area contributed by atoms with Crippen LogP contribution in [0.4, 0.5) is 13.9 Å². The summed E-state index contributed by atoms with van der Waals surface area (Å²) in [4.78, 5) is 13.7. The summed E-state index contributed by atoms with van der Waals surface area (Å²) >= 11 is 0.869. The van der Waals surface area contributed by atoms with Gasteiger partial charge in [0.15, 0.2) is 5.13 Å². The molecule has 0 saturated heterocycles. The third-order valence-corrected chi connectivity index (χ3v) is 4.51. The number of aromatic nitrogens is 1. The van der Waals surface area contributed by atoms with E-state index in [9.17, 15) is 22.0 Å². The maximum Gasteiger partial charge on any atom is 0.309 e. The van der Waals surface area contributed by atoms with Gasteiger partial charge in [-0.3, -0.25) is 9.52 Å². The molecule has 0 spiro atoms. The molecule has 0 atom stereocenters. The van der Waals surface area contributed by atoms with Gasteiger partial charge in [-0.1, -0.05) is 0 Å². The Kier molecular flexibility index (Phi) is 4.19. The molecule has 0 aliphatic rings. The predicted octanol–water partition coefficient (Wildman–Crippen LogP) is 1.85. The summed E-state index contributed by atoms with van der Waals surface area (Å²) in [5.74, 6) is -3.16. The number of sulfonamides is 1. The zero-order chi connectivity index (χ0) is 15.6. The molecule has 0 aliphatic carbocycles. The van der Waals surface area contributed by atoms with Gasteiger partial charge in [0.1, 0.15) is 11.6 Å². The van der Waals surface area contributed by atoms with Crippen molar-refractivity contribution in [2.45, 2.75) is 11.3 Å². The molecule has 21 heavy (non-hydrogen) atoms. The Hall–Kier alpha value is -2.07. The van der Waals surface area contributed by atoms with E-state index in [-0.39, 0.29) is 17.2 Å². The fourth-order valence-corrected chi connectivity index (χ4v) is 3.45. The molecule has 1 aromatic carbocycles. The Morgan fingerprint density at radius 2 is 1.90 bits per heavy atom. The van der Waals surface area contributed by atoms with E-state index in [1.54, 1.807) is 0 Å². The second-order valence-corrected chi connectivity index (χ2v) is 6.47. The first-order chi connectivity index (χ1) is 9.76. The lowest BCUT2D eigenvalue weighted by Crippen LogP contribution is -2.13. The summed E-state index contributed by atoms with van der Waals surface area (Å²) in [5.41, 5.74) is 0.177. The number of nitrogens with zero attached hydrogens (tertiary/aromatic N) is 1. The summed E-state index contributed by atoms with van der Waals surface area (Å²) in [6, 6.07) is 1.88. The van der Waals surface area contributed by atoms with E-state index in [1.165, 1.54) is 5.38 Å². The lowest BCUT2D eigenvalue weighted by molar-refractivity contribution is -0.136. The molecule has 0 amide bonds. The lowest BCUT2D eigenvalue weighted by atomic mass is 10.3. The van der Waals surface area contributed by atoms with E-state index in [4.69, 9.17) is 5.11 Å². The normalized spacial score (nSPS) is 11.3. The van der Waals surface area contributed by atoms with Gasteiger partial charge in [-0.15, -0.1) is 11.3 Å². The Morgan fingerprint density at radius 3 is 2.48 bits per heavy atom. The number of halogens is 2. The van der Waals surface area contributed by atoms with Crippen LogP contribution in [0.3, 0.4) is 0 Å². The Balaban J connectivity index is 2.24. The number of hydrogen-bond donors (Lipinski definition) is 2. The van der Waals surface area contributed by atoms with Crippen molar-refractivity contribution < 1.29 is 27.1 Å². The van der Waals surface area contributed by atoms with E-state index < -0.39 is 32.5 Å². The largest absolute Gasteiger partial charge is 0.481 e. The van der Waals surface area contributed by atoms with Crippen LogP contribution < -0.4 is 4.72 Å². The summed E-state index contributed by atoms with van der Waals surface area (Å²) in [6.45, 7) is 0. The third kappa shape index (κ3) is 3.95. The first-order valence-electron chi connectivity index (χ1n) is 5.41. The number of carbonyl (C=O) groups is 1. The SMILES string of the molecule is O=C(O)Cc1csc(NS(=O)(=O)c2cc(F)cc(F)c2)n1. The Morgan fingerprint density at radius 1 is 1.29 bits per heavy atom. The van der Waals surface area contributed by atoms with Crippen LogP contribution in [-0.4, -0.2) is 24.5 Å². The van der Waals surface area contributed by atoms with Crippen molar-refractivity contribution in [1.82, 2.24) is 4.98 Å². The number of nitrogens with one attached hydrogen (secondary N) is 1. The van der Waals surface area contributed by atoms with Crippen molar-refractivity contribution >= 4 is 32.5 Å². The van der Waals surface area contributed by atoms with Gasteiger partial charge >= 0.3 is 5.97 Å². The van der Waals surface area contributed by atoms with Crippen molar-refractivity contribution in [3.8, 4) is 0 Å². The van der Waals surface area contributed by atoms with Crippen molar-refractivity contribution in [2.24, 2.45) is 0 Å². The quantitative estimate of drug-likeness (QED) is 0.870. The van der Waals surface area contributed by atoms with Gasteiger partial charge in [0.05, 0.1) is 17.0 Å². The van der Waals surface area contributed by atoms with Crippen LogP contribution >= 0.6 is 11.3 Å². The number of hydrogen-bond acceptors (Lipinski definition) is 5. The van der Waals surface area contributed by atoms with E-state index >= 15 is 0 Å². The van der Waals surface area contributed by atoms with Gasteiger partial charge < -0.3 is 5.11 Å². The first-order valence-corrected chi connectivity index (χ1v) is 7.77. The van der Waals surface area contributed by atoms with Gasteiger partial charge in [0, 0.05) is 11.4 Å². The second-order valence-electron chi connectivity index (χ2n) is 3.93. The van der Waals surface area contributed by atoms with Gasteiger partial charge in [-0.2, -0.15) is 0 Å². The number of rotatable bonds is 5. The van der Waals surface area contributed by atoms with Crippen molar-refractivity contribution in [3.63, 3.8) is 0 Å². The van der Waals surface area contributed by atoms with Crippen LogP contribution in [0, 0.1) is 11.6 Å². The lowest BCUT2D eigenvalue weighted by Gasteiger charge is -2.05. The molecule has 2 aromatic rings. The second kappa shape index (κ2) is 5.74. The van der Waals surface area contributed by atoms with E-state index in [0.29, 0.717) is 18.2 Å². The third-order valence-electron chi connectivity index (χ3n) is 2.25. The predicted molar refractivity (Wildman–Crippen MR) is 70.6 cm³/mol. The highest BCUT2D eigenvalue weighted by molar-refractivity contribution is 7.93. The molecule has 112 valence electrons. The minimum atomic E-state index is -4.20. The number of thiazole rings is 1. The van der Waals surface area contributed by atoms with Crippen molar-refractivity contribution in [2.75, 3.05) is 4.72 Å². The molecular weight excluding hydrogens is 326 g/mol. The molecule has 6 nitrogen and oxygen atoms in total. The topological polar surface area (TPSA) is 96.4 Å². The maximum absolute atomic E-state index is 13.0. The fraction of sp³-hybridized carbons (Fsp3) is 0.0909. The van der Waals surface area contributed by atoms with E-state index in [1.807, 2.05) is 4.72 Å². The highest BCUT2D eigenvalue weighted by Crippen LogP contribution is 2.21. The molecule has 0 radical (unpaired) electrons. The molecule has 2 N–H and O–H groups in total. The summed E-state index contributed by atoms with van der Waals surface area (Å²) in [6.07, 6.45) is -0.354. The molecule has 0 fully saturated rings. The van der Waals surface area contributed by atoms with Crippen LogP contribution in [0.1, 0.15) is 5.69 Å².